The number of nitrogens with two attached hydrogens (primary N) is 1. The van der Waals surface area contributed by atoms with E-state index < -0.39 is 13.1 Å². The fourth-order valence-electron chi connectivity index (χ4n) is 1.27. The molecule has 82 valence electrons. The molecule has 0 rings (SSSR count). The Morgan fingerprint density at radius 2 is 2.14 bits per heavy atom. The van der Waals surface area contributed by atoms with Crippen LogP contribution in [0.1, 0.15) is 26.7 Å². The van der Waals surface area contributed by atoms with Gasteiger partial charge in [-0.15, -0.1) is 0 Å². The molecule has 0 aliphatic rings. The van der Waals surface area contributed by atoms with Crippen LogP contribution in [0.25, 0.3) is 0 Å². The Hall–Kier alpha value is -0.585. The van der Waals surface area contributed by atoms with Gasteiger partial charge in [0.15, 0.2) is 0 Å². The highest BCUT2D eigenvalue weighted by molar-refractivity contribution is 6.43. The Bertz CT molecular complexity index is 167. The van der Waals surface area contributed by atoms with Crippen molar-refractivity contribution in [2.75, 3.05) is 6.54 Å². The third kappa shape index (κ3) is 4.60. The number of carbonyl (C=O) groups is 1. The molecule has 6 heteroatoms. The van der Waals surface area contributed by atoms with Gasteiger partial charge in [0.05, 0.1) is 5.94 Å². The second kappa shape index (κ2) is 6.81. The molecular formula is C8H19BN2O3. The van der Waals surface area contributed by atoms with Crippen LogP contribution >= 0.6 is 0 Å². The van der Waals surface area contributed by atoms with Crippen LogP contribution in [0.2, 0.25) is 0 Å². The first kappa shape index (κ1) is 13.4. The largest absolute Gasteiger partial charge is 0.475 e. The van der Waals surface area contributed by atoms with Crippen molar-refractivity contribution in [2.45, 2.75) is 38.7 Å². The summed E-state index contributed by atoms with van der Waals surface area (Å²) >= 11 is 0. The van der Waals surface area contributed by atoms with Gasteiger partial charge in [-0.05, 0) is 19.8 Å². The summed E-state index contributed by atoms with van der Waals surface area (Å²) in [4.78, 5) is 12.1. The van der Waals surface area contributed by atoms with E-state index in [0.29, 0.717) is 25.8 Å². The molecule has 0 aromatic heterocycles. The first-order valence-electron chi connectivity index (χ1n) is 4.85. The Balaban J connectivity index is 4.15. The minimum absolute atomic E-state index is 0.00536. The second-order valence-electron chi connectivity index (χ2n) is 3.50. The lowest BCUT2D eigenvalue weighted by atomic mass is 9.77. The van der Waals surface area contributed by atoms with Crippen LogP contribution < -0.4 is 5.73 Å². The summed E-state index contributed by atoms with van der Waals surface area (Å²) in [5.74, 6) is -0.536. The standard InChI is InChI=1S/C8H19BN2O3/c1-3-8(9(13)14)11(6-12)5-4-7(2)10/h6-8,13-14H,3-5,10H2,1-2H3/t7-,8?/m1/s1. The van der Waals surface area contributed by atoms with E-state index >= 15 is 0 Å². The normalized spacial score (nSPS) is 14.6. The Labute approximate surface area is 85.0 Å². The van der Waals surface area contributed by atoms with E-state index in [1.165, 1.54) is 4.90 Å². The number of amides is 1. The van der Waals surface area contributed by atoms with Crippen molar-refractivity contribution < 1.29 is 14.8 Å². The zero-order valence-corrected chi connectivity index (χ0v) is 8.76. The quantitative estimate of drug-likeness (QED) is 0.364. The van der Waals surface area contributed by atoms with Gasteiger partial charge in [0.2, 0.25) is 6.41 Å². The lowest BCUT2D eigenvalue weighted by molar-refractivity contribution is -0.119. The summed E-state index contributed by atoms with van der Waals surface area (Å²) in [5.41, 5.74) is 5.55. The molecule has 14 heavy (non-hydrogen) atoms. The first-order valence-corrected chi connectivity index (χ1v) is 4.85. The highest BCUT2D eigenvalue weighted by Gasteiger charge is 2.27. The molecule has 0 aliphatic heterocycles. The van der Waals surface area contributed by atoms with E-state index in [-0.39, 0.29) is 6.04 Å². The van der Waals surface area contributed by atoms with Gasteiger partial charge in [-0.25, -0.2) is 0 Å². The van der Waals surface area contributed by atoms with E-state index in [2.05, 4.69) is 0 Å². The summed E-state index contributed by atoms with van der Waals surface area (Å²) in [6.45, 7) is 4.10. The molecule has 0 heterocycles. The van der Waals surface area contributed by atoms with E-state index in [9.17, 15) is 4.79 Å². The lowest BCUT2D eigenvalue weighted by Gasteiger charge is -2.27. The zero-order chi connectivity index (χ0) is 11.1. The fraction of sp³-hybridized carbons (Fsp3) is 0.875. The molecule has 2 atom stereocenters. The Kier molecular flexibility index (Phi) is 6.52. The second-order valence-corrected chi connectivity index (χ2v) is 3.50. The van der Waals surface area contributed by atoms with E-state index in [0.717, 1.165) is 0 Å². The topological polar surface area (TPSA) is 86.8 Å². The van der Waals surface area contributed by atoms with Crippen molar-refractivity contribution in [2.24, 2.45) is 5.73 Å². The van der Waals surface area contributed by atoms with Gasteiger partial charge >= 0.3 is 7.12 Å². The highest BCUT2D eigenvalue weighted by atomic mass is 16.4. The van der Waals surface area contributed by atoms with Crippen LogP contribution in [0.4, 0.5) is 0 Å². The van der Waals surface area contributed by atoms with Crippen molar-refractivity contribution >= 4 is 13.5 Å². The van der Waals surface area contributed by atoms with E-state index in [4.69, 9.17) is 15.8 Å². The van der Waals surface area contributed by atoms with Crippen molar-refractivity contribution in [1.29, 1.82) is 0 Å². The molecule has 0 aliphatic carbocycles. The molecule has 0 aromatic rings. The van der Waals surface area contributed by atoms with Crippen LogP contribution in [0, 0.1) is 0 Å². The number of rotatable bonds is 7. The monoisotopic (exact) mass is 202 g/mol. The Morgan fingerprint density at radius 1 is 1.57 bits per heavy atom. The molecular weight excluding hydrogens is 183 g/mol. The number of nitrogens with zero attached hydrogens (tertiary/aromatic N) is 1. The number of carbonyl (C=O) groups excluding carboxylic acids is 1. The molecule has 0 saturated heterocycles. The van der Waals surface area contributed by atoms with Crippen LogP contribution in [-0.4, -0.2) is 47.0 Å². The summed E-state index contributed by atoms with van der Waals surface area (Å²) in [6, 6.07) is 0.00536. The fourth-order valence-corrected chi connectivity index (χ4v) is 1.27. The average Bonchev–Trinajstić information content (AvgIpc) is 2.10. The lowest BCUT2D eigenvalue weighted by Crippen LogP contribution is -2.46. The van der Waals surface area contributed by atoms with Crippen molar-refractivity contribution in [1.82, 2.24) is 4.90 Å². The summed E-state index contributed by atoms with van der Waals surface area (Å²) in [7, 11) is -1.49. The highest BCUT2D eigenvalue weighted by Crippen LogP contribution is 2.04. The van der Waals surface area contributed by atoms with E-state index in [1.54, 1.807) is 6.92 Å². The smallest absolute Gasteiger partial charge is 0.426 e. The summed E-state index contributed by atoms with van der Waals surface area (Å²) in [6.07, 6.45) is 1.80. The molecule has 0 aromatic carbocycles. The molecule has 1 amide bonds. The number of hydrogen-bond acceptors (Lipinski definition) is 4. The predicted octanol–water partition coefficient (Wildman–Crippen LogP) is -1.03. The maximum atomic E-state index is 10.7. The molecule has 1 unspecified atom stereocenters. The maximum Gasteiger partial charge on any atom is 0.475 e. The van der Waals surface area contributed by atoms with Crippen molar-refractivity contribution in [3.63, 3.8) is 0 Å². The van der Waals surface area contributed by atoms with Gasteiger partial charge in [0, 0.05) is 12.6 Å². The summed E-state index contributed by atoms with van der Waals surface area (Å²) < 4.78 is 0. The van der Waals surface area contributed by atoms with Gasteiger partial charge in [-0.2, -0.15) is 0 Å². The van der Waals surface area contributed by atoms with Gasteiger partial charge in [0.25, 0.3) is 0 Å². The van der Waals surface area contributed by atoms with Crippen LogP contribution in [0.5, 0.6) is 0 Å². The van der Waals surface area contributed by atoms with Crippen LogP contribution in [0.3, 0.4) is 0 Å². The first-order chi connectivity index (χ1) is 6.52. The molecule has 0 spiro atoms. The zero-order valence-electron chi connectivity index (χ0n) is 8.76. The SMILES string of the molecule is CCC(B(O)O)N(C=O)CC[C@@H](C)N. The molecule has 4 N–H and O–H groups in total. The van der Waals surface area contributed by atoms with Gasteiger partial charge in [-0.1, -0.05) is 6.92 Å². The maximum absolute atomic E-state index is 10.7. The van der Waals surface area contributed by atoms with Crippen LogP contribution in [-0.2, 0) is 4.79 Å². The molecule has 0 fully saturated rings. The van der Waals surface area contributed by atoms with E-state index in [1.807, 2.05) is 6.92 Å². The molecule has 0 bridgehead atoms. The molecule has 5 nitrogen and oxygen atoms in total. The summed E-state index contributed by atoms with van der Waals surface area (Å²) in [5, 5.41) is 18.0. The minimum Gasteiger partial charge on any atom is -0.426 e. The molecule has 0 saturated carbocycles. The van der Waals surface area contributed by atoms with Gasteiger partial charge in [-0.3, -0.25) is 4.79 Å². The van der Waals surface area contributed by atoms with Crippen LogP contribution in [0.15, 0.2) is 0 Å². The third-order valence-electron chi connectivity index (χ3n) is 2.17. The third-order valence-corrected chi connectivity index (χ3v) is 2.17. The van der Waals surface area contributed by atoms with Crippen molar-refractivity contribution in [3.8, 4) is 0 Å². The van der Waals surface area contributed by atoms with Crippen molar-refractivity contribution in [3.05, 3.63) is 0 Å². The Morgan fingerprint density at radius 3 is 2.43 bits per heavy atom. The number of hydrogen-bond donors (Lipinski definition) is 3. The minimum atomic E-state index is -1.49. The predicted molar refractivity (Wildman–Crippen MR) is 55.3 cm³/mol. The molecule has 0 radical (unpaired) electrons. The average molecular weight is 202 g/mol. The van der Waals surface area contributed by atoms with Gasteiger partial charge < -0.3 is 20.7 Å². The van der Waals surface area contributed by atoms with Gasteiger partial charge in [0.1, 0.15) is 0 Å².